The summed E-state index contributed by atoms with van der Waals surface area (Å²) in [6.45, 7) is 0. The summed E-state index contributed by atoms with van der Waals surface area (Å²) in [7, 11) is 0. The van der Waals surface area contributed by atoms with Crippen LogP contribution < -0.4 is 0 Å². The molecule has 21 heavy (non-hydrogen) atoms. The predicted octanol–water partition coefficient (Wildman–Crippen LogP) is 4.05. The van der Waals surface area contributed by atoms with Gasteiger partial charge in [-0.3, -0.25) is 9.59 Å². The van der Waals surface area contributed by atoms with Gasteiger partial charge in [-0.25, -0.2) is 0 Å². The molecule has 3 nitrogen and oxygen atoms in total. The lowest BCUT2D eigenvalue weighted by atomic mass is 9.98. The number of Topliss-reactive ketones (excluding diaryl/α,β-unsaturated/α-hetero) is 1. The molecular formula is C13H9ClF3IO3. The molecule has 2 rings (SSSR count). The summed E-state index contributed by atoms with van der Waals surface area (Å²) >= 11 is 7.58. The van der Waals surface area contributed by atoms with Gasteiger partial charge in [0.2, 0.25) is 5.78 Å². The molecule has 0 aromatic heterocycles. The number of ether oxygens (including phenoxy) is 1. The first-order valence-corrected chi connectivity index (χ1v) is 7.58. The van der Waals surface area contributed by atoms with Gasteiger partial charge in [-0.1, -0.05) is 40.3 Å². The van der Waals surface area contributed by atoms with Crippen molar-refractivity contribution in [1.29, 1.82) is 0 Å². The molecule has 1 aromatic rings. The summed E-state index contributed by atoms with van der Waals surface area (Å²) in [5, 5.41) is -0.664. The number of carbonyl (C=O) groups excluding carboxylic acids is 2. The normalized spacial score (nSPS) is 22.8. The topological polar surface area (TPSA) is 43.4 Å². The van der Waals surface area contributed by atoms with Crippen molar-refractivity contribution in [2.24, 2.45) is 0 Å². The van der Waals surface area contributed by atoms with Crippen LogP contribution in [0.3, 0.4) is 0 Å². The smallest absolute Gasteiger partial charge is 0.417 e. The molecule has 1 aliphatic heterocycles. The van der Waals surface area contributed by atoms with Crippen LogP contribution in [0.25, 0.3) is 0 Å². The molecule has 114 valence electrons. The quantitative estimate of drug-likeness (QED) is 0.307. The standard InChI is InChI=1S/C13H9ClF3IO3/c14-10-6(2-1-3-7(10)13(15,16)17)11(19)9-5-4-8(18)12(20)21-9/h1-3,8-9H,4-5H2. The van der Waals surface area contributed by atoms with E-state index in [2.05, 4.69) is 0 Å². The largest absolute Gasteiger partial charge is 0.453 e. The van der Waals surface area contributed by atoms with Crippen LogP contribution >= 0.6 is 34.2 Å². The van der Waals surface area contributed by atoms with Gasteiger partial charge in [-0.2, -0.15) is 13.2 Å². The van der Waals surface area contributed by atoms with Crippen LogP contribution in [-0.4, -0.2) is 21.8 Å². The SMILES string of the molecule is O=C1OC(C(=O)c2cccc(C(F)(F)F)c2Cl)CCC1I. The number of hydrogen-bond acceptors (Lipinski definition) is 3. The highest BCUT2D eigenvalue weighted by molar-refractivity contribution is 14.1. The molecule has 1 aromatic carbocycles. The number of ketones is 1. The third kappa shape index (κ3) is 3.50. The van der Waals surface area contributed by atoms with Gasteiger partial charge >= 0.3 is 12.1 Å². The molecule has 1 aliphatic rings. The zero-order valence-electron chi connectivity index (χ0n) is 10.4. The minimum Gasteiger partial charge on any atom is -0.453 e. The molecule has 0 bridgehead atoms. The second-order valence-corrected chi connectivity index (χ2v) is 6.38. The Balaban J connectivity index is 2.30. The average Bonchev–Trinajstić information content (AvgIpc) is 2.40. The number of carbonyl (C=O) groups is 2. The molecule has 0 amide bonds. The number of rotatable bonds is 2. The summed E-state index contributed by atoms with van der Waals surface area (Å²) in [6, 6.07) is 3.10. The van der Waals surface area contributed by atoms with E-state index in [-0.39, 0.29) is 15.9 Å². The summed E-state index contributed by atoms with van der Waals surface area (Å²) in [6.07, 6.45) is -5.02. The molecule has 2 unspecified atom stereocenters. The molecule has 0 aliphatic carbocycles. The van der Waals surface area contributed by atoms with Crippen LogP contribution in [0.5, 0.6) is 0 Å². The number of esters is 1. The van der Waals surface area contributed by atoms with Gasteiger partial charge in [-0.05, 0) is 25.0 Å². The van der Waals surface area contributed by atoms with E-state index in [4.69, 9.17) is 16.3 Å². The van der Waals surface area contributed by atoms with Gasteiger partial charge < -0.3 is 4.74 Å². The Labute approximate surface area is 136 Å². The maximum atomic E-state index is 12.8. The van der Waals surface area contributed by atoms with E-state index in [1.807, 2.05) is 22.6 Å². The van der Waals surface area contributed by atoms with Crippen LogP contribution in [0.1, 0.15) is 28.8 Å². The highest BCUT2D eigenvalue weighted by Crippen LogP contribution is 2.37. The molecule has 0 spiro atoms. The second-order valence-electron chi connectivity index (χ2n) is 4.50. The Bertz CT molecular complexity index is 589. The van der Waals surface area contributed by atoms with Crippen molar-refractivity contribution in [3.05, 3.63) is 34.3 Å². The summed E-state index contributed by atoms with van der Waals surface area (Å²) < 4.78 is 42.9. The molecular weight excluding hydrogens is 423 g/mol. The van der Waals surface area contributed by atoms with E-state index >= 15 is 0 Å². The fourth-order valence-corrected chi connectivity index (χ4v) is 2.82. The van der Waals surface area contributed by atoms with Crippen LogP contribution in [0, 0.1) is 0 Å². The number of alkyl halides is 4. The van der Waals surface area contributed by atoms with Gasteiger partial charge in [0, 0.05) is 5.56 Å². The first-order chi connectivity index (χ1) is 9.71. The highest BCUT2D eigenvalue weighted by Gasteiger charge is 2.37. The van der Waals surface area contributed by atoms with Crippen molar-refractivity contribution in [3.8, 4) is 0 Å². The molecule has 0 saturated carbocycles. The molecule has 1 saturated heterocycles. The molecule has 0 radical (unpaired) electrons. The van der Waals surface area contributed by atoms with E-state index < -0.39 is 34.6 Å². The first-order valence-electron chi connectivity index (χ1n) is 5.96. The Morgan fingerprint density at radius 2 is 2.00 bits per heavy atom. The van der Waals surface area contributed by atoms with E-state index in [0.29, 0.717) is 6.42 Å². The lowest BCUT2D eigenvalue weighted by Gasteiger charge is -2.24. The summed E-state index contributed by atoms with van der Waals surface area (Å²) in [4.78, 5) is 23.7. The predicted molar refractivity (Wildman–Crippen MR) is 77.7 cm³/mol. The maximum Gasteiger partial charge on any atom is 0.417 e. The van der Waals surface area contributed by atoms with Crippen molar-refractivity contribution < 1.29 is 27.5 Å². The van der Waals surface area contributed by atoms with Gasteiger partial charge in [0.25, 0.3) is 0 Å². The zero-order valence-corrected chi connectivity index (χ0v) is 13.3. The van der Waals surface area contributed by atoms with Gasteiger partial charge in [0.15, 0.2) is 6.10 Å². The average molecular weight is 433 g/mol. The van der Waals surface area contributed by atoms with Crippen molar-refractivity contribution in [2.75, 3.05) is 0 Å². The Morgan fingerprint density at radius 1 is 1.33 bits per heavy atom. The number of cyclic esters (lactones) is 1. The number of benzene rings is 1. The third-order valence-electron chi connectivity index (χ3n) is 3.06. The lowest BCUT2D eigenvalue weighted by molar-refractivity contribution is -0.149. The van der Waals surface area contributed by atoms with Crippen LogP contribution in [0.4, 0.5) is 13.2 Å². The van der Waals surface area contributed by atoms with E-state index in [1.54, 1.807) is 0 Å². The van der Waals surface area contributed by atoms with Crippen LogP contribution in [-0.2, 0) is 15.7 Å². The summed E-state index contributed by atoms with van der Waals surface area (Å²) in [5.41, 5.74) is -1.36. The van der Waals surface area contributed by atoms with Gasteiger partial charge in [0.1, 0.15) is 3.92 Å². The lowest BCUT2D eigenvalue weighted by Crippen LogP contribution is -2.36. The van der Waals surface area contributed by atoms with E-state index in [1.165, 1.54) is 6.07 Å². The van der Waals surface area contributed by atoms with Crippen LogP contribution in [0.15, 0.2) is 18.2 Å². The van der Waals surface area contributed by atoms with Crippen molar-refractivity contribution in [3.63, 3.8) is 0 Å². The van der Waals surface area contributed by atoms with Crippen LogP contribution in [0.2, 0.25) is 5.02 Å². The molecule has 0 N–H and O–H groups in total. The number of halogens is 5. The molecule has 2 atom stereocenters. The minimum absolute atomic E-state index is 0.269. The summed E-state index contributed by atoms with van der Waals surface area (Å²) in [5.74, 6) is -1.24. The van der Waals surface area contributed by atoms with Crippen molar-refractivity contribution >= 4 is 45.9 Å². The number of hydrogen-bond donors (Lipinski definition) is 0. The highest BCUT2D eigenvalue weighted by atomic mass is 127. The molecule has 1 fully saturated rings. The fourth-order valence-electron chi connectivity index (χ4n) is 1.99. The second kappa shape index (κ2) is 6.12. The fraction of sp³-hybridized carbons (Fsp3) is 0.385. The van der Waals surface area contributed by atoms with Gasteiger partial charge in [0.05, 0.1) is 10.6 Å². The van der Waals surface area contributed by atoms with E-state index in [9.17, 15) is 22.8 Å². The maximum absolute atomic E-state index is 12.8. The monoisotopic (exact) mass is 432 g/mol. The Kier molecular flexibility index (Phi) is 4.82. The Hall–Kier alpha value is -0.830. The van der Waals surface area contributed by atoms with Crippen molar-refractivity contribution in [1.82, 2.24) is 0 Å². The molecule has 1 heterocycles. The first kappa shape index (κ1) is 16.5. The van der Waals surface area contributed by atoms with Crippen molar-refractivity contribution in [2.45, 2.75) is 29.0 Å². The molecule has 8 heteroatoms. The third-order valence-corrected chi connectivity index (χ3v) is 4.60. The van der Waals surface area contributed by atoms with Gasteiger partial charge in [-0.15, -0.1) is 0 Å². The van der Waals surface area contributed by atoms with E-state index in [0.717, 1.165) is 12.1 Å². The zero-order chi connectivity index (χ0) is 15.8. The Morgan fingerprint density at radius 3 is 2.57 bits per heavy atom. The minimum atomic E-state index is -4.65.